The second-order valence-electron chi connectivity index (χ2n) is 3.23. The molecule has 2 rings (SSSR count). The van der Waals surface area contributed by atoms with Crippen molar-refractivity contribution in [2.24, 2.45) is 0 Å². The number of allylic oxidation sites excluding steroid dienone is 2. The van der Waals surface area contributed by atoms with Crippen LogP contribution in [0.5, 0.6) is 0 Å². The van der Waals surface area contributed by atoms with Gasteiger partial charge in [0.05, 0.1) is 0 Å². The van der Waals surface area contributed by atoms with E-state index in [1.165, 1.54) is 5.56 Å². The summed E-state index contributed by atoms with van der Waals surface area (Å²) in [5, 5.41) is 3.18. The van der Waals surface area contributed by atoms with E-state index in [1.807, 2.05) is 44.3 Å². The molecule has 1 aliphatic heterocycles. The molecule has 1 aromatic carbocycles. The number of benzene rings is 1. The quantitative estimate of drug-likeness (QED) is 0.816. The minimum absolute atomic E-state index is 0.844. The Balaban J connectivity index is 0.000000221. The van der Waals surface area contributed by atoms with E-state index in [0.717, 1.165) is 18.9 Å². The molecule has 2 nitrogen and oxygen atoms in total. The largest absolute Gasteiger partial charge is 0.382 e. The molecule has 1 aliphatic rings. The number of hydrogen-bond donors (Lipinski definition) is 1. The van der Waals surface area contributed by atoms with Gasteiger partial charge in [0.2, 0.25) is 0 Å². The summed E-state index contributed by atoms with van der Waals surface area (Å²) in [4.78, 5) is 0. The van der Waals surface area contributed by atoms with Crippen molar-refractivity contribution in [2.45, 2.75) is 13.8 Å². The molecule has 0 fully saturated rings. The number of rotatable bonds is 2. The van der Waals surface area contributed by atoms with Crippen molar-refractivity contribution in [2.75, 3.05) is 18.5 Å². The molecule has 0 radical (unpaired) electrons. The molecule has 1 heterocycles. The Morgan fingerprint density at radius 3 is 2.50 bits per heavy atom. The molecule has 0 spiro atoms. The maximum Gasteiger partial charge on any atom is 0.0453 e. The molecule has 2 heteroatoms. The number of anilines is 1. The molecule has 0 atom stereocenters. The minimum atomic E-state index is 0.844. The predicted octanol–water partition coefficient (Wildman–Crippen LogP) is 3.68. The van der Waals surface area contributed by atoms with Gasteiger partial charge in [0.1, 0.15) is 0 Å². The average molecular weight is 217 g/mol. The second-order valence-corrected chi connectivity index (χ2v) is 3.23. The van der Waals surface area contributed by atoms with E-state index >= 15 is 0 Å². The first-order chi connectivity index (χ1) is 7.88. The van der Waals surface area contributed by atoms with Gasteiger partial charge in [-0.2, -0.15) is 0 Å². The average Bonchev–Trinajstić information content (AvgIpc) is 2.56. The van der Waals surface area contributed by atoms with Gasteiger partial charge in [-0.15, -0.1) is 0 Å². The van der Waals surface area contributed by atoms with Crippen molar-refractivity contribution in [1.82, 2.24) is 0 Å². The Bertz CT molecular complexity index is 354. The van der Waals surface area contributed by atoms with Gasteiger partial charge in [-0.25, -0.2) is 0 Å². The van der Waals surface area contributed by atoms with Crippen LogP contribution in [-0.2, 0) is 4.74 Å². The normalized spacial score (nSPS) is 11.9. The molecule has 1 N–H and O–H groups in total. The van der Waals surface area contributed by atoms with Gasteiger partial charge in [-0.3, -0.25) is 0 Å². The summed E-state index contributed by atoms with van der Waals surface area (Å²) in [7, 11) is 0. The zero-order chi connectivity index (χ0) is 11.6. The zero-order valence-corrected chi connectivity index (χ0v) is 9.94. The van der Waals surface area contributed by atoms with Crippen LogP contribution in [0.25, 0.3) is 6.08 Å². The fraction of sp³-hybridized carbons (Fsp3) is 0.286. The molecule has 0 saturated heterocycles. The Morgan fingerprint density at radius 1 is 1.06 bits per heavy atom. The van der Waals surface area contributed by atoms with Crippen molar-refractivity contribution in [3.8, 4) is 0 Å². The third-order valence-electron chi connectivity index (χ3n) is 2.09. The third kappa shape index (κ3) is 4.32. The van der Waals surface area contributed by atoms with Gasteiger partial charge < -0.3 is 10.1 Å². The monoisotopic (exact) mass is 217 g/mol. The Labute approximate surface area is 97.6 Å². The van der Waals surface area contributed by atoms with E-state index in [1.54, 1.807) is 0 Å². The molecule has 0 saturated carbocycles. The third-order valence-corrected chi connectivity index (χ3v) is 2.09. The summed E-state index contributed by atoms with van der Waals surface area (Å²) in [6, 6.07) is 8.22. The molecule has 1 aromatic rings. The van der Waals surface area contributed by atoms with Crippen LogP contribution in [0.4, 0.5) is 5.69 Å². The van der Waals surface area contributed by atoms with Gasteiger partial charge in [0.25, 0.3) is 0 Å². The maximum absolute atomic E-state index is 4.83. The first kappa shape index (κ1) is 12.5. The van der Waals surface area contributed by atoms with Gasteiger partial charge in [-0.1, -0.05) is 30.4 Å². The summed E-state index contributed by atoms with van der Waals surface area (Å²) < 4.78 is 4.83. The van der Waals surface area contributed by atoms with Gasteiger partial charge in [-0.05, 0) is 31.6 Å². The van der Waals surface area contributed by atoms with E-state index in [0.29, 0.717) is 0 Å². The standard InChI is InChI=1S/C10H9N.C4H10O/c1-2-7-10-9(5-1)6-3-4-8-11-10;1-3-5-4-2/h1-8,11H;3-4H2,1-2H3. The lowest BCUT2D eigenvalue weighted by Crippen LogP contribution is -1.87. The molecular weight excluding hydrogens is 198 g/mol. The number of para-hydroxylation sites is 1. The highest BCUT2D eigenvalue weighted by atomic mass is 16.5. The highest BCUT2D eigenvalue weighted by molar-refractivity contribution is 5.69. The lowest BCUT2D eigenvalue weighted by atomic mass is 10.2. The molecular formula is C14H19NO. The first-order valence-electron chi connectivity index (χ1n) is 5.65. The van der Waals surface area contributed by atoms with Crippen molar-refractivity contribution in [3.63, 3.8) is 0 Å². The number of hydrogen-bond acceptors (Lipinski definition) is 2. The molecule has 0 amide bonds. The van der Waals surface area contributed by atoms with Crippen LogP contribution < -0.4 is 5.32 Å². The van der Waals surface area contributed by atoms with Crippen molar-refractivity contribution < 1.29 is 4.74 Å². The lowest BCUT2D eigenvalue weighted by molar-refractivity contribution is 0.162. The Morgan fingerprint density at radius 2 is 1.81 bits per heavy atom. The topological polar surface area (TPSA) is 21.3 Å². The number of fused-ring (bicyclic) bond motifs is 1. The van der Waals surface area contributed by atoms with E-state index in [2.05, 4.69) is 23.5 Å². The van der Waals surface area contributed by atoms with Crippen molar-refractivity contribution in [1.29, 1.82) is 0 Å². The van der Waals surface area contributed by atoms with E-state index < -0.39 is 0 Å². The predicted molar refractivity (Wildman–Crippen MR) is 70.4 cm³/mol. The Hall–Kier alpha value is -1.54. The van der Waals surface area contributed by atoms with Crippen LogP contribution in [-0.4, -0.2) is 13.2 Å². The van der Waals surface area contributed by atoms with Crippen molar-refractivity contribution in [3.05, 3.63) is 48.2 Å². The lowest BCUT2D eigenvalue weighted by Gasteiger charge is -2.01. The molecule has 0 unspecified atom stereocenters. The molecule has 0 aliphatic carbocycles. The first-order valence-corrected chi connectivity index (χ1v) is 5.65. The summed E-state index contributed by atoms with van der Waals surface area (Å²) in [6.45, 7) is 5.67. The minimum Gasteiger partial charge on any atom is -0.382 e. The molecule has 16 heavy (non-hydrogen) atoms. The van der Waals surface area contributed by atoms with E-state index in [4.69, 9.17) is 4.74 Å². The summed E-state index contributed by atoms with van der Waals surface area (Å²) in [5.74, 6) is 0. The number of ether oxygens (including phenoxy) is 1. The van der Waals surface area contributed by atoms with Gasteiger partial charge in [0.15, 0.2) is 0 Å². The maximum atomic E-state index is 4.83. The smallest absolute Gasteiger partial charge is 0.0453 e. The summed E-state index contributed by atoms with van der Waals surface area (Å²) >= 11 is 0. The zero-order valence-electron chi connectivity index (χ0n) is 9.94. The van der Waals surface area contributed by atoms with Crippen LogP contribution in [0.3, 0.4) is 0 Å². The molecule has 0 aromatic heterocycles. The van der Waals surface area contributed by atoms with Gasteiger partial charge in [0, 0.05) is 25.1 Å². The van der Waals surface area contributed by atoms with Crippen LogP contribution in [0.15, 0.2) is 42.6 Å². The SMILES string of the molecule is C1=CNc2ccccc2C=C1.CCOCC. The van der Waals surface area contributed by atoms with Crippen LogP contribution >= 0.6 is 0 Å². The van der Waals surface area contributed by atoms with Gasteiger partial charge >= 0.3 is 0 Å². The van der Waals surface area contributed by atoms with Crippen molar-refractivity contribution >= 4 is 11.8 Å². The summed E-state index contributed by atoms with van der Waals surface area (Å²) in [6.07, 6.45) is 8.03. The highest BCUT2D eigenvalue weighted by Crippen LogP contribution is 2.18. The highest BCUT2D eigenvalue weighted by Gasteiger charge is 1.95. The van der Waals surface area contributed by atoms with Crippen LogP contribution in [0, 0.1) is 0 Å². The summed E-state index contributed by atoms with van der Waals surface area (Å²) in [5.41, 5.74) is 2.40. The molecule has 86 valence electrons. The van der Waals surface area contributed by atoms with Crippen LogP contribution in [0.2, 0.25) is 0 Å². The Kier molecular flexibility index (Phi) is 6.04. The van der Waals surface area contributed by atoms with E-state index in [9.17, 15) is 0 Å². The fourth-order valence-electron chi connectivity index (χ4n) is 1.33. The van der Waals surface area contributed by atoms with Crippen LogP contribution in [0.1, 0.15) is 19.4 Å². The number of nitrogens with one attached hydrogen (secondary N) is 1. The van der Waals surface area contributed by atoms with E-state index in [-0.39, 0.29) is 0 Å². The second kappa shape index (κ2) is 7.71. The molecule has 0 bridgehead atoms. The fourth-order valence-corrected chi connectivity index (χ4v) is 1.33.